The van der Waals surface area contributed by atoms with Gasteiger partial charge >= 0.3 is 0 Å². The third kappa shape index (κ3) is 6.60. The minimum absolute atomic E-state index is 0.0224. The zero-order valence-electron chi connectivity index (χ0n) is 22.2. The summed E-state index contributed by atoms with van der Waals surface area (Å²) in [6.45, 7) is 4.74. The monoisotopic (exact) mass is 571 g/mol. The lowest BCUT2D eigenvalue weighted by Gasteiger charge is -2.20. The van der Waals surface area contributed by atoms with Crippen LogP contribution in [-0.4, -0.2) is 47.2 Å². The van der Waals surface area contributed by atoms with Gasteiger partial charge in [0.25, 0.3) is 15.9 Å². The molecule has 3 aromatic carbocycles. The molecule has 0 atom stereocenters. The predicted octanol–water partition coefficient (Wildman–Crippen LogP) is 4.93. The van der Waals surface area contributed by atoms with Crippen LogP contribution in [0.2, 0.25) is 0 Å². The first-order valence-electron chi connectivity index (χ1n) is 12.7. The SMILES string of the molecule is COc1ccc(S(=O)(=O)N2CCCCCC2)cc1C(=O)Nc1ccc(S(=O)(=O)Nc2ccc(C)c(C)c2)cc1. The second kappa shape index (κ2) is 11.8. The van der Waals surface area contributed by atoms with E-state index in [0.717, 1.165) is 36.8 Å². The largest absolute Gasteiger partial charge is 0.496 e. The zero-order valence-corrected chi connectivity index (χ0v) is 23.9. The molecule has 11 heteroatoms. The van der Waals surface area contributed by atoms with E-state index in [1.54, 1.807) is 12.1 Å². The molecule has 3 aromatic rings. The summed E-state index contributed by atoms with van der Waals surface area (Å²) in [4.78, 5) is 13.2. The fourth-order valence-corrected chi connectivity index (χ4v) is 6.98. The minimum Gasteiger partial charge on any atom is -0.496 e. The molecule has 0 radical (unpaired) electrons. The van der Waals surface area contributed by atoms with E-state index in [0.29, 0.717) is 24.5 Å². The van der Waals surface area contributed by atoms with Gasteiger partial charge in [0, 0.05) is 24.5 Å². The average molecular weight is 572 g/mol. The summed E-state index contributed by atoms with van der Waals surface area (Å²) in [5, 5.41) is 2.70. The van der Waals surface area contributed by atoms with Gasteiger partial charge in [-0.15, -0.1) is 0 Å². The molecule has 0 aliphatic carbocycles. The van der Waals surface area contributed by atoms with E-state index in [9.17, 15) is 21.6 Å². The number of nitrogens with zero attached hydrogens (tertiary/aromatic N) is 1. The van der Waals surface area contributed by atoms with E-state index < -0.39 is 26.0 Å². The average Bonchev–Trinajstić information content (AvgIpc) is 3.21. The highest BCUT2D eigenvalue weighted by Gasteiger charge is 2.27. The third-order valence-electron chi connectivity index (χ3n) is 6.80. The molecule has 0 saturated carbocycles. The number of carbonyl (C=O) groups excluding carboxylic acids is 1. The smallest absolute Gasteiger partial charge is 0.261 e. The Bertz CT molecular complexity index is 1560. The summed E-state index contributed by atoms with van der Waals surface area (Å²) in [5.41, 5.74) is 2.87. The highest BCUT2D eigenvalue weighted by Crippen LogP contribution is 2.27. The molecule has 0 unspecified atom stereocenters. The van der Waals surface area contributed by atoms with Crippen LogP contribution in [0.5, 0.6) is 5.75 Å². The molecule has 1 saturated heterocycles. The lowest BCUT2D eigenvalue weighted by molar-refractivity contribution is 0.102. The van der Waals surface area contributed by atoms with Crippen molar-refractivity contribution in [2.75, 3.05) is 30.2 Å². The van der Waals surface area contributed by atoms with Crippen molar-refractivity contribution in [3.8, 4) is 5.75 Å². The van der Waals surface area contributed by atoms with Crippen molar-refractivity contribution in [3.63, 3.8) is 0 Å². The van der Waals surface area contributed by atoms with Gasteiger partial charge in [-0.05, 0) is 92.4 Å². The number of ether oxygens (including phenoxy) is 1. The van der Waals surface area contributed by atoms with Crippen molar-refractivity contribution in [2.45, 2.75) is 49.3 Å². The number of rotatable bonds is 8. The molecule has 1 aliphatic heterocycles. The molecule has 1 fully saturated rings. The van der Waals surface area contributed by atoms with E-state index >= 15 is 0 Å². The molecule has 9 nitrogen and oxygen atoms in total. The maximum Gasteiger partial charge on any atom is 0.261 e. The number of benzene rings is 3. The first kappa shape index (κ1) is 28.6. The van der Waals surface area contributed by atoms with Crippen LogP contribution < -0.4 is 14.8 Å². The van der Waals surface area contributed by atoms with Crippen LogP contribution in [0.15, 0.2) is 70.5 Å². The molecule has 0 aromatic heterocycles. The maximum atomic E-state index is 13.3. The minimum atomic E-state index is -3.84. The van der Waals surface area contributed by atoms with Gasteiger partial charge in [0.2, 0.25) is 10.0 Å². The normalized spacial score (nSPS) is 14.8. The highest BCUT2D eigenvalue weighted by molar-refractivity contribution is 7.92. The van der Waals surface area contributed by atoms with Gasteiger partial charge in [-0.1, -0.05) is 18.9 Å². The topological polar surface area (TPSA) is 122 Å². The van der Waals surface area contributed by atoms with Gasteiger partial charge < -0.3 is 10.1 Å². The number of methoxy groups -OCH3 is 1. The second-order valence-corrected chi connectivity index (χ2v) is 13.2. The molecule has 0 spiro atoms. The summed E-state index contributed by atoms with van der Waals surface area (Å²) >= 11 is 0. The summed E-state index contributed by atoms with van der Waals surface area (Å²) in [5.74, 6) is -0.359. The molecule has 39 heavy (non-hydrogen) atoms. The van der Waals surface area contributed by atoms with Crippen LogP contribution in [0.3, 0.4) is 0 Å². The van der Waals surface area contributed by atoms with Crippen LogP contribution in [-0.2, 0) is 20.0 Å². The van der Waals surface area contributed by atoms with Crippen molar-refractivity contribution in [1.29, 1.82) is 0 Å². The zero-order chi connectivity index (χ0) is 28.2. The maximum absolute atomic E-state index is 13.3. The number of amides is 1. The molecular formula is C28H33N3O6S2. The lowest BCUT2D eigenvalue weighted by Crippen LogP contribution is -2.32. The molecule has 0 bridgehead atoms. The predicted molar refractivity (Wildman–Crippen MR) is 151 cm³/mol. The van der Waals surface area contributed by atoms with E-state index in [4.69, 9.17) is 4.74 Å². The van der Waals surface area contributed by atoms with Gasteiger partial charge in [0.1, 0.15) is 5.75 Å². The van der Waals surface area contributed by atoms with Crippen LogP contribution in [0.4, 0.5) is 11.4 Å². The van der Waals surface area contributed by atoms with Crippen molar-refractivity contribution in [2.24, 2.45) is 0 Å². The van der Waals surface area contributed by atoms with Crippen LogP contribution in [0.1, 0.15) is 47.2 Å². The Kier molecular flexibility index (Phi) is 8.63. The summed E-state index contributed by atoms with van der Waals surface area (Å²) in [7, 11) is -6.21. The molecular weight excluding hydrogens is 538 g/mol. The van der Waals surface area contributed by atoms with Gasteiger partial charge in [-0.2, -0.15) is 4.31 Å². The highest BCUT2D eigenvalue weighted by atomic mass is 32.2. The lowest BCUT2D eigenvalue weighted by atomic mass is 10.1. The number of hydrogen-bond donors (Lipinski definition) is 2. The van der Waals surface area contributed by atoms with E-state index in [2.05, 4.69) is 10.0 Å². The molecule has 2 N–H and O–H groups in total. The third-order valence-corrected chi connectivity index (χ3v) is 10.1. The summed E-state index contributed by atoms with van der Waals surface area (Å²) in [6, 6.07) is 15.2. The Morgan fingerprint density at radius 2 is 1.38 bits per heavy atom. The Morgan fingerprint density at radius 1 is 0.769 bits per heavy atom. The molecule has 208 valence electrons. The number of hydrogen-bond acceptors (Lipinski definition) is 6. The molecule has 1 heterocycles. The first-order chi connectivity index (χ1) is 18.5. The fourth-order valence-electron chi connectivity index (χ4n) is 4.39. The number of anilines is 2. The Labute approximate surface area is 230 Å². The Morgan fingerprint density at radius 3 is 2.00 bits per heavy atom. The van der Waals surface area contributed by atoms with E-state index in [1.165, 1.54) is 53.9 Å². The Hall–Kier alpha value is -3.41. The summed E-state index contributed by atoms with van der Waals surface area (Å²) < 4.78 is 61.6. The number of nitrogens with one attached hydrogen (secondary N) is 2. The van der Waals surface area contributed by atoms with Gasteiger partial charge in [-0.25, -0.2) is 16.8 Å². The standard InChI is InChI=1S/C28H33N3O6S2/c1-20-8-9-23(18-21(20)2)30-38(33,34)24-12-10-22(11-13-24)29-28(32)26-19-25(14-15-27(26)37-3)39(35,36)31-16-6-4-5-7-17-31/h8-15,18-19,30H,4-7,16-17H2,1-3H3,(H,29,32). The molecule has 1 aliphatic rings. The number of carbonyl (C=O) groups is 1. The van der Waals surface area contributed by atoms with Crippen LogP contribution >= 0.6 is 0 Å². The van der Waals surface area contributed by atoms with Crippen LogP contribution in [0, 0.1) is 13.8 Å². The van der Waals surface area contributed by atoms with Crippen molar-refractivity contribution < 1.29 is 26.4 Å². The molecule has 1 amide bonds. The van der Waals surface area contributed by atoms with Crippen molar-refractivity contribution >= 4 is 37.3 Å². The first-order valence-corrected chi connectivity index (χ1v) is 15.6. The van der Waals surface area contributed by atoms with E-state index in [-0.39, 0.29) is 21.1 Å². The van der Waals surface area contributed by atoms with Crippen LogP contribution in [0.25, 0.3) is 0 Å². The second-order valence-electron chi connectivity index (χ2n) is 9.56. The quantitative estimate of drug-likeness (QED) is 0.395. The van der Waals surface area contributed by atoms with Crippen molar-refractivity contribution in [1.82, 2.24) is 4.31 Å². The van der Waals surface area contributed by atoms with Gasteiger partial charge in [-0.3, -0.25) is 9.52 Å². The van der Waals surface area contributed by atoms with Crippen molar-refractivity contribution in [3.05, 3.63) is 77.4 Å². The Balaban J connectivity index is 1.52. The van der Waals surface area contributed by atoms with Gasteiger partial charge in [0.15, 0.2) is 0 Å². The summed E-state index contributed by atoms with van der Waals surface area (Å²) in [6.07, 6.45) is 3.58. The number of sulfonamides is 2. The van der Waals surface area contributed by atoms with Gasteiger partial charge in [0.05, 0.1) is 22.5 Å². The number of aryl methyl sites for hydroxylation is 2. The molecule has 4 rings (SSSR count). The van der Waals surface area contributed by atoms with E-state index in [1.807, 2.05) is 19.9 Å². The fraction of sp³-hybridized carbons (Fsp3) is 0.321.